The summed E-state index contributed by atoms with van der Waals surface area (Å²) in [5.41, 5.74) is -0.350. The number of hydrogen-bond donors (Lipinski definition) is 1. The molecule has 2 fully saturated rings. The van der Waals surface area contributed by atoms with E-state index < -0.39 is 10.0 Å². The second-order valence-corrected chi connectivity index (χ2v) is 11.9. The number of pyridine rings is 1. The van der Waals surface area contributed by atoms with E-state index in [-0.39, 0.29) is 28.9 Å². The van der Waals surface area contributed by atoms with Crippen LogP contribution in [0, 0.1) is 17.8 Å². The fourth-order valence-electron chi connectivity index (χ4n) is 5.19. The highest BCUT2D eigenvalue weighted by molar-refractivity contribution is 7.89. The summed E-state index contributed by atoms with van der Waals surface area (Å²) in [7, 11) is -3.79. The zero-order valence-electron chi connectivity index (χ0n) is 19.8. The van der Waals surface area contributed by atoms with Gasteiger partial charge in [0.25, 0.3) is 5.56 Å². The highest BCUT2D eigenvalue weighted by Gasteiger charge is 2.31. The summed E-state index contributed by atoms with van der Waals surface area (Å²) in [5.74, 6) is 1.15. The molecule has 1 aliphatic carbocycles. The molecule has 1 aromatic carbocycles. The molecule has 0 radical (unpaired) electrons. The van der Waals surface area contributed by atoms with Crippen molar-refractivity contribution in [2.75, 3.05) is 13.1 Å². The molecule has 2 heterocycles. The van der Waals surface area contributed by atoms with Crippen LogP contribution in [0.3, 0.4) is 0 Å². The summed E-state index contributed by atoms with van der Waals surface area (Å²) >= 11 is 0. The topological polar surface area (TPSA) is 88.5 Å². The Bertz CT molecular complexity index is 1180. The van der Waals surface area contributed by atoms with Crippen molar-refractivity contribution in [2.24, 2.45) is 17.8 Å². The van der Waals surface area contributed by atoms with Gasteiger partial charge in [0, 0.05) is 36.1 Å². The van der Waals surface area contributed by atoms with Crippen LogP contribution >= 0.6 is 0 Å². The molecule has 1 saturated heterocycles. The molecule has 0 bridgehead atoms. The minimum atomic E-state index is -3.79. The summed E-state index contributed by atoms with van der Waals surface area (Å²) < 4.78 is 29.9. The summed E-state index contributed by atoms with van der Waals surface area (Å²) in [6.07, 6.45) is 6.16. The van der Waals surface area contributed by atoms with E-state index in [4.69, 9.17) is 0 Å². The first-order valence-electron chi connectivity index (χ1n) is 12.1. The predicted octanol–water partition coefficient (Wildman–Crippen LogP) is 3.36. The molecule has 1 amide bonds. The van der Waals surface area contributed by atoms with Gasteiger partial charge in [-0.15, -0.1) is 0 Å². The van der Waals surface area contributed by atoms with Crippen LogP contribution in [0.5, 0.6) is 0 Å². The number of piperidine rings is 1. The fourth-order valence-corrected chi connectivity index (χ4v) is 6.88. The zero-order chi connectivity index (χ0) is 23.8. The molecule has 33 heavy (non-hydrogen) atoms. The molecule has 1 aromatic heterocycles. The average molecular weight is 474 g/mol. The van der Waals surface area contributed by atoms with Crippen LogP contribution in [-0.2, 0) is 21.4 Å². The third-order valence-corrected chi connectivity index (χ3v) is 9.61. The van der Waals surface area contributed by atoms with Gasteiger partial charge in [0.05, 0.1) is 0 Å². The Labute approximate surface area is 196 Å². The van der Waals surface area contributed by atoms with Crippen LogP contribution in [0.2, 0.25) is 0 Å². The summed E-state index contributed by atoms with van der Waals surface area (Å²) in [6.45, 7) is 7.23. The lowest BCUT2D eigenvalue weighted by Gasteiger charge is -2.34. The molecular formula is C25H35N3O4S. The van der Waals surface area contributed by atoms with Gasteiger partial charge in [0.2, 0.25) is 15.9 Å². The van der Waals surface area contributed by atoms with Crippen LogP contribution in [-0.4, -0.2) is 42.3 Å². The average Bonchev–Trinajstić information content (AvgIpc) is 2.79. The van der Waals surface area contributed by atoms with Gasteiger partial charge in [-0.2, -0.15) is 4.31 Å². The minimum absolute atomic E-state index is 0.0796. The molecule has 0 spiro atoms. The minimum Gasteiger partial charge on any atom is -0.352 e. The van der Waals surface area contributed by atoms with Gasteiger partial charge in [-0.25, -0.2) is 8.42 Å². The quantitative estimate of drug-likeness (QED) is 0.721. The van der Waals surface area contributed by atoms with Crippen LogP contribution in [0.15, 0.2) is 40.2 Å². The number of hydrogen-bond acceptors (Lipinski definition) is 4. The first-order chi connectivity index (χ1) is 15.7. The van der Waals surface area contributed by atoms with Gasteiger partial charge in [-0.05, 0) is 43.1 Å². The lowest BCUT2D eigenvalue weighted by atomic mass is 9.78. The Kier molecular flexibility index (Phi) is 6.96. The van der Waals surface area contributed by atoms with Gasteiger partial charge in [0.15, 0.2) is 0 Å². The molecule has 8 heteroatoms. The molecule has 3 atom stereocenters. The lowest BCUT2D eigenvalue weighted by Crippen LogP contribution is -2.45. The molecule has 1 saturated carbocycles. The Morgan fingerprint density at radius 2 is 1.70 bits per heavy atom. The molecule has 1 aliphatic heterocycles. The third-order valence-electron chi connectivity index (χ3n) is 7.68. The van der Waals surface area contributed by atoms with E-state index in [1.165, 1.54) is 15.1 Å². The number of carbonyl (C=O) groups is 1. The van der Waals surface area contributed by atoms with Crippen molar-refractivity contribution in [3.63, 3.8) is 0 Å². The first-order valence-corrected chi connectivity index (χ1v) is 13.5. The van der Waals surface area contributed by atoms with Crippen molar-refractivity contribution in [2.45, 2.75) is 70.4 Å². The molecule has 4 rings (SSSR count). The normalized spacial score (nSPS) is 25.2. The maximum atomic E-state index is 13.6. The van der Waals surface area contributed by atoms with Crippen molar-refractivity contribution >= 4 is 26.7 Å². The van der Waals surface area contributed by atoms with E-state index in [1.807, 2.05) is 0 Å². The molecule has 1 N–H and O–H groups in total. The van der Waals surface area contributed by atoms with E-state index in [0.29, 0.717) is 41.6 Å². The Morgan fingerprint density at radius 1 is 1.03 bits per heavy atom. The summed E-state index contributed by atoms with van der Waals surface area (Å²) in [4.78, 5) is 26.1. The number of nitrogens with zero attached hydrogens (tertiary/aromatic N) is 2. The number of amides is 1. The van der Waals surface area contributed by atoms with Gasteiger partial charge >= 0.3 is 0 Å². The number of sulfonamides is 1. The summed E-state index contributed by atoms with van der Waals surface area (Å²) in [6, 6.07) is 6.84. The zero-order valence-corrected chi connectivity index (χ0v) is 20.6. The Hall–Kier alpha value is -2.19. The van der Waals surface area contributed by atoms with Crippen LogP contribution in [0.1, 0.15) is 52.9 Å². The predicted molar refractivity (Wildman–Crippen MR) is 129 cm³/mol. The third kappa shape index (κ3) is 4.87. The van der Waals surface area contributed by atoms with E-state index in [9.17, 15) is 18.0 Å². The van der Waals surface area contributed by atoms with E-state index in [0.717, 1.165) is 32.1 Å². The number of rotatable bonds is 5. The largest absolute Gasteiger partial charge is 0.352 e. The van der Waals surface area contributed by atoms with Gasteiger partial charge in [-0.3, -0.25) is 9.59 Å². The van der Waals surface area contributed by atoms with Crippen molar-refractivity contribution in [1.29, 1.82) is 0 Å². The monoisotopic (exact) mass is 473 g/mol. The number of aromatic nitrogens is 1. The molecule has 0 unspecified atom stereocenters. The number of nitrogens with one attached hydrogen (secondary N) is 1. The molecule has 180 valence electrons. The van der Waals surface area contributed by atoms with E-state index in [2.05, 4.69) is 26.1 Å². The number of carbonyl (C=O) groups excluding carboxylic acids is 1. The van der Waals surface area contributed by atoms with Crippen molar-refractivity contribution in [3.05, 3.63) is 40.8 Å². The molecule has 2 aliphatic rings. The molecule has 7 nitrogen and oxygen atoms in total. The smallest absolute Gasteiger partial charge is 0.258 e. The second-order valence-electron chi connectivity index (χ2n) is 10.00. The number of benzene rings is 1. The highest BCUT2D eigenvalue weighted by Crippen LogP contribution is 2.30. The highest BCUT2D eigenvalue weighted by atomic mass is 32.2. The SMILES string of the molecule is CC1CCN(S(=O)(=O)c2cn(CC(=O)N[C@@H]3CCC[C@@H](C)[C@H]3C)c(=O)c3ccccc23)CC1. The maximum absolute atomic E-state index is 13.6. The standard InChI is InChI=1S/C25H35N3O4S/c1-17-11-13-28(14-12-17)33(31,32)23-15-27(25(30)21-9-5-4-8-20(21)23)16-24(29)26-22-10-6-7-18(2)19(22)3/h4-5,8-9,15,17-19,22H,6-7,10-14,16H2,1-3H3,(H,26,29)/t18-,19-,22-/m1/s1. The maximum Gasteiger partial charge on any atom is 0.258 e. The fraction of sp³-hybridized carbons (Fsp3) is 0.600. The van der Waals surface area contributed by atoms with Crippen LogP contribution in [0.4, 0.5) is 0 Å². The van der Waals surface area contributed by atoms with Crippen molar-refractivity contribution in [3.8, 4) is 0 Å². The summed E-state index contributed by atoms with van der Waals surface area (Å²) in [5, 5.41) is 3.82. The van der Waals surface area contributed by atoms with Crippen molar-refractivity contribution in [1.82, 2.24) is 14.2 Å². The number of fused-ring (bicyclic) bond motifs is 1. The lowest BCUT2D eigenvalue weighted by molar-refractivity contribution is -0.123. The van der Waals surface area contributed by atoms with Crippen LogP contribution in [0.25, 0.3) is 10.8 Å². The van der Waals surface area contributed by atoms with E-state index in [1.54, 1.807) is 24.3 Å². The van der Waals surface area contributed by atoms with Crippen molar-refractivity contribution < 1.29 is 13.2 Å². The second kappa shape index (κ2) is 9.58. The Morgan fingerprint density at radius 3 is 2.39 bits per heavy atom. The molecular weight excluding hydrogens is 438 g/mol. The molecule has 2 aromatic rings. The van der Waals surface area contributed by atoms with Gasteiger partial charge in [0.1, 0.15) is 11.4 Å². The Balaban J connectivity index is 1.66. The van der Waals surface area contributed by atoms with E-state index >= 15 is 0 Å². The van der Waals surface area contributed by atoms with Crippen LogP contribution < -0.4 is 10.9 Å². The van der Waals surface area contributed by atoms with Gasteiger partial charge < -0.3 is 9.88 Å². The van der Waals surface area contributed by atoms with Gasteiger partial charge in [-0.1, -0.05) is 51.8 Å². The first kappa shape index (κ1) is 24.0.